The fourth-order valence-electron chi connectivity index (χ4n) is 2.31. The lowest BCUT2D eigenvalue weighted by atomic mass is 9.97. The maximum absolute atomic E-state index is 6.47. The predicted molar refractivity (Wildman–Crippen MR) is 93.2 cm³/mol. The van der Waals surface area contributed by atoms with Gasteiger partial charge in [-0.1, -0.05) is 40.5 Å². The van der Waals surface area contributed by atoms with E-state index in [0.29, 0.717) is 0 Å². The van der Waals surface area contributed by atoms with Crippen LogP contribution in [-0.2, 0) is 0 Å². The van der Waals surface area contributed by atoms with Crippen molar-refractivity contribution in [2.75, 3.05) is 6.54 Å². The maximum atomic E-state index is 6.47. The lowest BCUT2D eigenvalue weighted by Gasteiger charge is -2.21. The number of hydrogen-bond donors (Lipinski definition) is 1. The molecule has 4 heteroatoms. The van der Waals surface area contributed by atoms with Gasteiger partial charge in [0.15, 0.2) is 0 Å². The Hall–Kier alpha value is -0.350. The van der Waals surface area contributed by atoms with Crippen LogP contribution in [0.3, 0.4) is 0 Å². The Labute approximate surface area is 138 Å². The van der Waals surface area contributed by atoms with Crippen molar-refractivity contribution < 1.29 is 0 Å². The molecule has 0 fully saturated rings. The molecule has 1 heterocycles. The Balaban J connectivity index is 2.54. The minimum atomic E-state index is 0.165. The van der Waals surface area contributed by atoms with E-state index < -0.39 is 0 Å². The average molecular weight is 373 g/mol. The molecule has 0 bridgehead atoms. The minimum absolute atomic E-state index is 0.165. The second-order valence-electron chi connectivity index (χ2n) is 5.05. The molecule has 2 rings (SSSR count). The first-order chi connectivity index (χ1) is 9.45. The van der Waals surface area contributed by atoms with Crippen LogP contribution in [0.4, 0.5) is 0 Å². The summed E-state index contributed by atoms with van der Waals surface area (Å²) in [5.41, 5.74) is 4.98. The van der Waals surface area contributed by atoms with Crippen LogP contribution in [0.2, 0.25) is 5.02 Å². The number of aryl methyl sites for hydroxylation is 3. The van der Waals surface area contributed by atoms with Gasteiger partial charge < -0.3 is 5.32 Å². The van der Waals surface area contributed by atoms with Crippen molar-refractivity contribution in [1.29, 1.82) is 0 Å². The van der Waals surface area contributed by atoms with Crippen LogP contribution in [0.1, 0.15) is 40.1 Å². The third-order valence-corrected chi connectivity index (χ3v) is 6.09. The van der Waals surface area contributed by atoms with E-state index in [2.05, 4.69) is 66.5 Å². The van der Waals surface area contributed by atoms with E-state index in [9.17, 15) is 0 Å². The molecule has 20 heavy (non-hydrogen) atoms. The molecule has 1 N–H and O–H groups in total. The zero-order valence-electron chi connectivity index (χ0n) is 12.2. The summed E-state index contributed by atoms with van der Waals surface area (Å²) in [7, 11) is 0. The van der Waals surface area contributed by atoms with Crippen LogP contribution in [0.25, 0.3) is 0 Å². The number of halogens is 2. The summed E-state index contributed by atoms with van der Waals surface area (Å²) in [4.78, 5) is 1.20. The van der Waals surface area contributed by atoms with Gasteiger partial charge in [-0.05, 0) is 61.0 Å². The second-order valence-corrected chi connectivity index (χ2v) is 7.19. The van der Waals surface area contributed by atoms with Crippen molar-refractivity contribution in [3.05, 3.63) is 54.1 Å². The van der Waals surface area contributed by atoms with Crippen LogP contribution in [0, 0.1) is 20.8 Å². The molecular weight excluding hydrogens is 354 g/mol. The molecule has 0 aliphatic rings. The molecule has 1 nitrogen and oxygen atoms in total. The molecule has 2 aromatic rings. The molecule has 0 aliphatic carbocycles. The third-order valence-electron chi connectivity index (χ3n) is 3.45. The van der Waals surface area contributed by atoms with E-state index >= 15 is 0 Å². The Morgan fingerprint density at radius 1 is 1.20 bits per heavy atom. The highest BCUT2D eigenvalue weighted by atomic mass is 79.9. The molecule has 0 aliphatic heterocycles. The van der Waals surface area contributed by atoms with Crippen molar-refractivity contribution in [2.24, 2.45) is 0 Å². The van der Waals surface area contributed by atoms with Gasteiger partial charge in [-0.3, -0.25) is 0 Å². The average Bonchev–Trinajstić information content (AvgIpc) is 2.72. The van der Waals surface area contributed by atoms with E-state index in [1.165, 1.54) is 21.6 Å². The fraction of sp³-hybridized carbons (Fsp3) is 0.375. The van der Waals surface area contributed by atoms with Crippen LogP contribution in [-0.4, -0.2) is 6.54 Å². The monoisotopic (exact) mass is 371 g/mol. The molecule has 0 radical (unpaired) electrons. The summed E-state index contributed by atoms with van der Waals surface area (Å²) in [5, 5.41) is 6.59. The quantitative estimate of drug-likeness (QED) is 0.716. The van der Waals surface area contributed by atoms with Crippen LogP contribution in [0.5, 0.6) is 0 Å². The molecule has 1 aromatic carbocycles. The van der Waals surface area contributed by atoms with Gasteiger partial charge in [0.05, 0.1) is 11.1 Å². The molecule has 1 atom stereocenters. The summed E-state index contributed by atoms with van der Waals surface area (Å²) >= 11 is 11.8. The predicted octanol–water partition coefficient (Wildman–Crippen LogP) is 5.79. The summed E-state index contributed by atoms with van der Waals surface area (Å²) in [6.07, 6.45) is 0. The molecule has 0 amide bonds. The first-order valence-electron chi connectivity index (χ1n) is 6.69. The fourth-order valence-corrected chi connectivity index (χ4v) is 4.16. The molecule has 1 unspecified atom stereocenters. The first-order valence-corrected chi connectivity index (χ1v) is 8.74. The van der Waals surface area contributed by atoms with Gasteiger partial charge in [0, 0.05) is 9.35 Å². The Bertz CT molecular complexity index is 621. The largest absolute Gasteiger partial charge is 0.306 e. The zero-order chi connectivity index (χ0) is 14.9. The smallest absolute Gasteiger partial charge is 0.0688 e. The lowest BCUT2D eigenvalue weighted by Crippen LogP contribution is -2.22. The Morgan fingerprint density at radius 2 is 1.90 bits per heavy atom. The topological polar surface area (TPSA) is 12.0 Å². The van der Waals surface area contributed by atoms with Crippen LogP contribution < -0.4 is 5.32 Å². The van der Waals surface area contributed by atoms with E-state index in [0.717, 1.165) is 21.6 Å². The summed E-state index contributed by atoms with van der Waals surface area (Å²) in [6, 6.07) is 4.60. The van der Waals surface area contributed by atoms with Crippen molar-refractivity contribution >= 4 is 38.9 Å². The Kier molecular flexibility index (Phi) is 5.30. The van der Waals surface area contributed by atoms with Gasteiger partial charge in [-0.25, -0.2) is 0 Å². The molecule has 0 spiro atoms. The zero-order valence-corrected chi connectivity index (χ0v) is 15.3. The summed E-state index contributed by atoms with van der Waals surface area (Å²) < 4.78 is 1.16. The minimum Gasteiger partial charge on any atom is -0.306 e. The SMILES string of the molecule is CCNC(c1cc(C)c(Br)cc1C)c1scc(C)c1Cl. The van der Waals surface area contributed by atoms with Crippen molar-refractivity contribution in [3.8, 4) is 0 Å². The molecular formula is C16H19BrClNS. The van der Waals surface area contributed by atoms with E-state index in [-0.39, 0.29) is 6.04 Å². The number of hydrogen-bond acceptors (Lipinski definition) is 2. The normalized spacial score (nSPS) is 12.7. The highest BCUT2D eigenvalue weighted by molar-refractivity contribution is 9.10. The van der Waals surface area contributed by atoms with Crippen molar-refractivity contribution in [3.63, 3.8) is 0 Å². The molecule has 0 saturated carbocycles. The number of rotatable bonds is 4. The lowest BCUT2D eigenvalue weighted by molar-refractivity contribution is 0.636. The Morgan fingerprint density at radius 3 is 2.45 bits per heavy atom. The number of benzene rings is 1. The highest BCUT2D eigenvalue weighted by Gasteiger charge is 2.21. The van der Waals surface area contributed by atoms with Gasteiger partial charge in [-0.2, -0.15) is 0 Å². The molecule has 0 saturated heterocycles. The number of nitrogens with one attached hydrogen (secondary N) is 1. The van der Waals surface area contributed by atoms with Crippen LogP contribution >= 0.6 is 38.9 Å². The van der Waals surface area contributed by atoms with E-state index in [1.807, 2.05) is 0 Å². The molecule has 1 aromatic heterocycles. The number of thiophene rings is 1. The van der Waals surface area contributed by atoms with Gasteiger partial charge in [0.25, 0.3) is 0 Å². The van der Waals surface area contributed by atoms with Crippen LogP contribution in [0.15, 0.2) is 22.0 Å². The third kappa shape index (κ3) is 3.11. The molecule has 108 valence electrons. The summed E-state index contributed by atoms with van der Waals surface area (Å²) in [5.74, 6) is 0. The van der Waals surface area contributed by atoms with Gasteiger partial charge in [-0.15, -0.1) is 11.3 Å². The maximum Gasteiger partial charge on any atom is 0.0688 e. The standard InChI is InChI=1S/C16H19BrClNS/c1-5-19-15(16-14(18)11(4)8-20-16)12-6-10(3)13(17)7-9(12)2/h6-8,15,19H,5H2,1-4H3. The van der Waals surface area contributed by atoms with E-state index in [1.54, 1.807) is 11.3 Å². The first kappa shape index (κ1) is 16.0. The van der Waals surface area contributed by atoms with E-state index in [4.69, 9.17) is 11.6 Å². The van der Waals surface area contributed by atoms with Crippen molar-refractivity contribution in [2.45, 2.75) is 33.7 Å². The van der Waals surface area contributed by atoms with Gasteiger partial charge in [0.2, 0.25) is 0 Å². The van der Waals surface area contributed by atoms with Gasteiger partial charge >= 0.3 is 0 Å². The highest BCUT2D eigenvalue weighted by Crippen LogP contribution is 2.37. The second kappa shape index (κ2) is 6.61. The van der Waals surface area contributed by atoms with Crippen molar-refractivity contribution in [1.82, 2.24) is 5.32 Å². The van der Waals surface area contributed by atoms with Gasteiger partial charge in [0.1, 0.15) is 0 Å². The summed E-state index contributed by atoms with van der Waals surface area (Å²) in [6.45, 7) is 9.37.